The number of carbonyl (C=O) groups excluding carboxylic acids is 1. The van der Waals surface area contributed by atoms with Gasteiger partial charge in [-0.05, 0) is 23.3 Å². The van der Waals surface area contributed by atoms with Crippen LogP contribution in [-0.4, -0.2) is 36.4 Å². The normalized spacial score (nSPS) is 44.9. The number of hydrogen-bond acceptors (Lipinski definition) is 5. The van der Waals surface area contributed by atoms with Gasteiger partial charge in [0.05, 0.1) is 19.3 Å². The Morgan fingerprint density at radius 2 is 2.09 bits per heavy atom. The van der Waals surface area contributed by atoms with E-state index in [4.69, 9.17) is 14.2 Å². The van der Waals surface area contributed by atoms with Crippen molar-refractivity contribution >= 4 is 11.9 Å². The molecule has 0 amide bonds. The molecule has 2 aliphatic carbocycles. The Morgan fingerprint density at radius 3 is 2.78 bits per heavy atom. The zero-order chi connectivity index (χ0) is 16.1. The number of hydrogen-bond donors (Lipinski definition) is 1. The van der Waals surface area contributed by atoms with Crippen LogP contribution >= 0.6 is 0 Å². The van der Waals surface area contributed by atoms with Gasteiger partial charge in [0.15, 0.2) is 5.41 Å². The highest BCUT2D eigenvalue weighted by Crippen LogP contribution is 2.71. The molecule has 120 valence electrons. The molecule has 4 fully saturated rings. The molecular weight excluding hydrogens is 300 g/mol. The summed E-state index contributed by atoms with van der Waals surface area (Å²) < 4.78 is 17.0. The van der Waals surface area contributed by atoms with Gasteiger partial charge in [-0.2, -0.15) is 0 Å². The van der Waals surface area contributed by atoms with E-state index < -0.39 is 29.2 Å². The Hall–Kier alpha value is -2.08. The van der Waals surface area contributed by atoms with Crippen LogP contribution in [0.4, 0.5) is 0 Å². The molecule has 4 bridgehead atoms. The maximum Gasteiger partial charge on any atom is 0.324 e. The fraction of sp³-hybridized carbons (Fsp3) is 0.529. The molecule has 5 aliphatic rings. The predicted molar refractivity (Wildman–Crippen MR) is 76.0 cm³/mol. The summed E-state index contributed by atoms with van der Waals surface area (Å²) in [6, 6.07) is 5.61. The van der Waals surface area contributed by atoms with E-state index in [1.807, 2.05) is 18.2 Å². The molecule has 1 aromatic carbocycles. The van der Waals surface area contributed by atoms with Crippen molar-refractivity contribution in [3.05, 3.63) is 29.3 Å². The van der Waals surface area contributed by atoms with Crippen molar-refractivity contribution in [3.63, 3.8) is 0 Å². The van der Waals surface area contributed by atoms with Crippen LogP contribution in [0.5, 0.6) is 5.75 Å². The Bertz CT molecular complexity index is 757. The quantitative estimate of drug-likeness (QED) is 0.657. The van der Waals surface area contributed by atoms with E-state index in [0.717, 1.165) is 11.1 Å². The molecule has 3 saturated heterocycles. The fourth-order valence-corrected chi connectivity index (χ4v) is 5.38. The number of rotatable bonds is 2. The van der Waals surface area contributed by atoms with Gasteiger partial charge in [-0.1, -0.05) is 13.0 Å². The number of ether oxygens (including phenoxy) is 3. The molecular formula is C17H16O6. The minimum atomic E-state index is -1.57. The molecule has 1 N–H and O–H groups in total. The highest BCUT2D eigenvalue weighted by molar-refractivity contribution is 6.03. The monoisotopic (exact) mass is 316 g/mol. The van der Waals surface area contributed by atoms with E-state index >= 15 is 0 Å². The van der Waals surface area contributed by atoms with Crippen molar-refractivity contribution in [1.29, 1.82) is 0 Å². The third kappa shape index (κ3) is 1.20. The van der Waals surface area contributed by atoms with Crippen LogP contribution in [0.2, 0.25) is 0 Å². The average molecular weight is 316 g/mol. The van der Waals surface area contributed by atoms with Crippen molar-refractivity contribution in [1.82, 2.24) is 0 Å². The number of benzene rings is 1. The molecule has 6 rings (SSSR count). The van der Waals surface area contributed by atoms with Crippen LogP contribution < -0.4 is 4.74 Å². The second-order valence-electron chi connectivity index (χ2n) is 6.90. The van der Waals surface area contributed by atoms with Gasteiger partial charge in [0.2, 0.25) is 0 Å². The van der Waals surface area contributed by atoms with Crippen molar-refractivity contribution in [3.8, 4) is 5.75 Å². The van der Waals surface area contributed by atoms with Crippen LogP contribution in [0.15, 0.2) is 18.2 Å². The number of carboxylic acid groups (broad SMARTS) is 1. The third-order valence-corrected chi connectivity index (χ3v) is 6.31. The van der Waals surface area contributed by atoms with Crippen LogP contribution in [0.1, 0.15) is 30.1 Å². The molecule has 3 unspecified atom stereocenters. The summed E-state index contributed by atoms with van der Waals surface area (Å²) in [5, 5.41) is 10.0. The summed E-state index contributed by atoms with van der Waals surface area (Å²) in [5.41, 5.74) is 0.244. The molecule has 1 saturated carbocycles. The molecule has 6 heteroatoms. The lowest BCUT2D eigenvalue weighted by atomic mass is 9.53. The molecule has 6 nitrogen and oxygen atoms in total. The van der Waals surface area contributed by atoms with Crippen molar-refractivity contribution in [2.75, 3.05) is 7.11 Å². The second kappa shape index (κ2) is 3.87. The molecule has 3 heterocycles. The molecule has 1 aromatic rings. The first kappa shape index (κ1) is 13.4. The van der Waals surface area contributed by atoms with Gasteiger partial charge in [-0.15, -0.1) is 0 Å². The van der Waals surface area contributed by atoms with Gasteiger partial charge < -0.3 is 19.3 Å². The predicted octanol–water partition coefficient (Wildman–Crippen LogP) is 1.49. The topological polar surface area (TPSA) is 82.1 Å². The van der Waals surface area contributed by atoms with Gasteiger partial charge in [-0.25, -0.2) is 0 Å². The first-order chi connectivity index (χ1) is 11.0. The lowest BCUT2D eigenvalue weighted by Gasteiger charge is -2.53. The lowest BCUT2D eigenvalue weighted by Crippen LogP contribution is -2.66. The maximum absolute atomic E-state index is 12.6. The summed E-state index contributed by atoms with van der Waals surface area (Å²) in [6.07, 6.45) is -0.898. The fourth-order valence-electron chi connectivity index (χ4n) is 5.38. The zero-order valence-electron chi connectivity index (χ0n) is 12.7. The third-order valence-electron chi connectivity index (χ3n) is 6.31. The van der Waals surface area contributed by atoms with E-state index in [1.165, 1.54) is 0 Å². The summed E-state index contributed by atoms with van der Waals surface area (Å²) in [7, 11) is 1.57. The average Bonchev–Trinajstić information content (AvgIpc) is 3.01. The van der Waals surface area contributed by atoms with Gasteiger partial charge in [-0.3, -0.25) is 9.59 Å². The van der Waals surface area contributed by atoms with Gasteiger partial charge in [0, 0.05) is 17.8 Å². The Balaban J connectivity index is 1.81. The van der Waals surface area contributed by atoms with Crippen molar-refractivity contribution < 1.29 is 28.9 Å². The van der Waals surface area contributed by atoms with Crippen molar-refractivity contribution in [2.24, 2.45) is 17.3 Å². The standard InChI is InChI=1S/C17H16O6/c1-6-12-14-10-11(17(6,15(18)19)16(20)23-14)9-5-7(21-2)3-4-8(9)13(10)22-12/h3-6,10-14H,1-2H3,(H,18,19)/t6-,10?,11?,12?,13-,14+,17+/m0/s1. The first-order valence-corrected chi connectivity index (χ1v) is 7.79. The number of carboxylic acids is 1. The largest absolute Gasteiger partial charge is 0.497 e. The molecule has 0 aromatic heterocycles. The van der Waals surface area contributed by atoms with E-state index in [-0.39, 0.29) is 24.2 Å². The van der Waals surface area contributed by atoms with E-state index in [0.29, 0.717) is 5.75 Å². The minimum absolute atomic E-state index is 0.118. The van der Waals surface area contributed by atoms with Gasteiger partial charge in [0.1, 0.15) is 11.9 Å². The van der Waals surface area contributed by atoms with Crippen LogP contribution in [-0.2, 0) is 19.1 Å². The van der Waals surface area contributed by atoms with Crippen LogP contribution in [0.25, 0.3) is 0 Å². The summed E-state index contributed by atoms with van der Waals surface area (Å²) in [6.45, 7) is 1.79. The summed E-state index contributed by atoms with van der Waals surface area (Å²) in [4.78, 5) is 24.8. The van der Waals surface area contributed by atoms with Crippen LogP contribution in [0.3, 0.4) is 0 Å². The highest BCUT2D eigenvalue weighted by Gasteiger charge is 2.78. The number of esters is 1. The van der Waals surface area contributed by atoms with Crippen molar-refractivity contribution in [2.45, 2.75) is 31.2 Å². The van der Waals surface area contributed by atoms with E-state index in [9.17, 15) is 14.7 Å². The van der Waals surface area contributed by atoms with Crippen LogP contribution in [0, 0.1) is 17.3 Å². The number of aliphatic carboxylic acids is 1. The minimum Gasteiger partial charge on any atom is -0.497 e. The molecule has 23 heavy (non-hydrogen) atoms. The number of methoxy groups -OCH3 is 1. The van der Waals surface area contributed by atoms with Gasteiger partial charge in [0.25, 0.3) is 0 Å². The smallest absolute Gasteiger partial charge is 0.324 e. The number of fused-ring (bicyclic) bond motifs is 3. The molecule has 0 radical (unpaired) electrons. The Morgan fingerprint density at radius 1 is 1.30 bits per heavy atom. The van der Waals surface area contributed by atoms with E-state index in [2.05, 4.69) is 0 Å². The maximum atomic E-state index is 12.6. The summed E-state index contributed by atoms with van der Waals surface area (Å²) in [5.74, 6) is -2.05. The molecule has 7 atom stereocenters. The van der Waals surface area contributed by atoms with E-state index in [1.54, 1.807) is 14.0 Å². The second-order valence-corrected chi connectivity index (χ2v) is 6.90. The first-order valence-electron chi connectivity index (χ1n) is 7.79. The molecule has 0 spiro atoms. The lowest BCUT2D eigenvalue weighted by molar-refractivity contribution is -0.218. The van der Waals surface area contributed by atoms with Gasteiger partial charge >= 0.3 is 11.9 Å². The Kier molecular flexibility index (Phi) is 2.25. The zero-order valence-corrected chi connectivity index (χ0v) is 12.7. The SMILES string of the molecule is COc1ccc2c(c1)C1C3[C@H]4OC(=O)[C@]1(C(=O)O)[C@@H](C)C4O[C@@H]23. The summed E-state index contributed by atoms with van der Waals surface area (Å²) >= 11 is 0. The number of carbonyl (C=O) groups is 2. The highest BCUT2D eigenvalue weighted by atomic mass is 16.6. The molecule has 3 aliphatic heterocycles. The Labute approximate surface area is 132 Å².